The zero-order chi connectivity index (χ0) is 22.1. The van der Waals surface area contributed by atoms with Crippen molar-refractivity contribution in [3.05, 3.63) is 76.4 Å². The molecule has 31 heavy (non-hydrogen) atoms. The molecule has 1 fully saturated rings. The lowest BCUT2D eigenvalue weighted by atomic mass is 10.1. The minimum Gasteiger partial charge on any atom is -0.368 e. The molecular formula is C23H26N4O4. The molecule has 8 heteroatoms. The van der Waals surface area contributed by atoms with Gasteiger partial charge in [-0.15, -0.1) is 0 Å². The highest BCUT2D eigenvalue weighted by Crippen LogP contribution is 2.19. The predicted molar refractivity (Wildman–Crippen MR) is 120 cm³/mol. The number of nitrogens with zero attached hydrogens (tertiary/aromatic N) is 3. The summed E-state index contributed by atoms with van der Waals surface area (Å²) in [4.78, 5) is 39.0. The Bertz CT molecular complexity index is 938. The van der Waals surface area contributed by atoms with Gasteiger partial charge >= 0.3 is 0 Å². The van der Waals surface area contributed by atoms with Crippen LogP contribution in [0.25, 0.3) is 6.08 Å². The lowest BCUT2D eigenvalue weighted by Crippen LogP contribution is -2.48. The zero-order valence-electron chi connectivity index (χ0n) is 17.3. The molecule has 1 aliphatic heterocycles. The molecule has 2 aromatic carbocycles. The number of hydrogen-bond acceptors (Lipinski definition) is 5. The third-order valence-electron chi connectivity index (χ3n) is 5.17. The topological polar surface area (TPSA) is 95.8 Å². The summed E-state index contributed by atoms with van der Waals surface area (Å²) < 4.78 is 0. The Balaban J connectivity index is 1.36. The molecule has 2 aromatic rings. The fourth-order valence-electron chi connectivity index (χ4n) is 3.48. The number of carbonyl (C=O) groups is 2. The summed E-state index contributed by atoms with van der Waals surface area (Å²) in [5.41, 5.74) is 1.49. The highest BCUT2D eigenvalue weighted by molar-refractivity contribution is 5.92. The molecule has 0 unspecified atom stereocenters. The number of anilines is 1. The van der Waals surface area contributed by atoms with E-state index in [0.29, 0.717) is 38.0 Å². The quantitative estimate of drug-likeness (QED) is 0.305. The number of hydrogen-bond donors (Lipinski definition) is 1. The van der Waals surface area contributed by atoms with E-state index < -0.39 is 4.92 Å². The molecule has 0 bridgehead atoms. The fraction of sp³-hybridized carbons (Fsp3) is 0.304. The molecule has 0 aliphatic carbocycles. The average molecular weight is 422 g/mol. The van der Waals surface area contributed by atoms with Crippen molar-refractivity contribution in [2.24, 2.45) is 0 Å². The van der Waals surface area contributed by atoms with Gasteiger partial charge in [-0.3, -0.25) is 19.7 Å². The molecule has 162 valence electrons. The van der Waals surface area contributed by atoms with E-state index in [0.717, 1.165) is 13.1 Å². The molecular weight excluding hydrogens is 396 g/mol. The highest BCUT2D eigenvalue weighted by Gasteiger charge is 2.20. The van der Waals surface area contributed by atoms with Crippen LogP contribution in [-0.2, 0) is 9.59 Å². The number of benzene rings is 2. The fourth-order valence-corrected chi connectivity index (χ4v) is 3.48. The first-order valence-electron chi connectivity index (χ1n) is 10.3. The standard InChI is InChI=1S/C23H26N4O4/c28-22(13-12-19-7-4-5-10-21(19)27(30)31)24-14-6-11-23(29)26-17-15-25(16-18-26)20-8-2-1-3-9-20/h1-5,7-10,12-13H,6,11,14-18H2,(H,24,28)/b13-12+. The SMILES string of the molecule is O=C(/C=C/c1ccccc1[N+](=O)[O-])NCCCC(=O)N1CCN(c2ccccc2)CC1. The molecule has 1 heterocycles. The van der Waals surface area contributed by atoms with Gasteiger partial charge in [0.2, 0.25) is 11.8 Å². The highest BCUT2D eigenvalue weighted by atomic mass is 16.6. The summed E-state index contributed by atoms with van der Waals surface area (Å²) in [6, 6.07) is 16.4. The van der Waals surface area contributed by atoms with Crippen LogP contribution in [0.2, 0.25) is 0 Å². The molecule has 1 saturated heterocycles. The van der Waals surface area contributed by atoms with E-state index in [4.69, 9.17) is 0 Å². The zero-order valence-corrected chi connectivity index (χ0v) is 17.3. The van der Waals surface area contributed by atoms with Crippen molar-refractivity contribution >= 4 is 29.3 Å². The largest absolute Gasteiger partial charge is 0.368 e. The first-order chi connectivity index (χ1) is 15.0. The molecule has 0 saturated carbocycles. The van der Waals surface area contributed by atoms with Crippen LogP contribution in [0, 0.1) is 10.1 Å². The van der Waals surface area contributed by atoms with Gasteiger partial charge in [-0.1, -0.05) is 30.3 Å². The third kappa shape index (κ3) is 6.40. The Kier molecular flexibility index (Phi) is 7.75. The van der Waals surface area contributed by atoms with E-state index in [9.17, 15) is 19.7 Å². The normalized spacial score (nSPS) is 13.9. The summed E-state index contributed by atoms with van der Waals surface area (Å²) in [5.74, 6) is -0.250. The average Bonchev–Trinajstić information content (AvgIpc) is 2.81. The number of piperazine rings is 1. The van der Waals surface area contributed by atoms with Crippen molar-refractivity contribution in [2.45, 2.75) is 12.8 Å². The van der Waals surface area contributed by atoms with Gasteiger partial charge in [0.05, 0.1) is 10.5 Å². The van der Waals surface area contributed by atoms with Gasteiger partial charge in [-0.2, -0.15) is 0 Å². The summed E-state index contributed by atoms with van der Waals surface area (Å²) in [5, 5.41) is 13.7. The van der Waals surface area contributed by atoms with Gasteiger partial charge in [-0.25, -0.2) is 0 Å². The second kappa shape index (κ2) is 10.9. The summed E-state index contributed by atoms with van der Waals surface area (Å²) >= 11 is 0. The monoisotopic (exact) mass is 422 g/mol. The second-order valence-electron chi connectivity index (χ2n) is 7.25. The molecule has 0 aromatic heterocycles. The van der Waals surface area contributed by atoms with Gasteiger partial charge < -0.3 is 15.1 Å². The lowest BCUT2D eigenvalue weighted by Gasteiger charge is -2.36. The van der Waals surface area contributed by atoms with Gasteiger partial charge in [-0.05, 0) is 30.7 Å². The Hall–Kier alpha value is -3.68. The van der Waals surface area contributed by atoms with E-state index in [2.05, 4.69) is 22.3 Å². The Morgan fingerprint density at radius 2 is 1.68 bits per heavy atom. The molecule has 0 atom stereocenters. The first kappa shape index (κ1) is 22.0. The maximum atomic E-state index is 12.4. The van der Waals surface area contributed by atoms with Crippen LogP contribution in [0.4, 0.5) is 11.4 Å². The van der Waals surface area contributed by atoms with Crippen LogP contribution < -0.4 is 10.2 Å². The molecule has 2 amide bonds. The van der Waals surface area contributed by atoms with Crippen molar-refractivity contribution in [1.29, 1.82) is 0 Å². The molecule has 1 aliphatic rings. The number of nitro benzene ring substituents is 1. The second-order valence-corrected chi connectivity index (χ2v) is 7.25. The van der Waals surface area contributed by atoms with Crippen molar-refractivity contribution < 1.29 is 14.5 Å². The summed E-state index contributed by atoms with van der Waals surface area (Å²) in [7, 11) is 0. The third-order valence-corrected chi connectivity index (χ3v) is 5.17. The lowest BCUT2D eigenvalue weighted by molar-refractivity contribution is -0.385. The van der Waals surface area contributed by atoms with E-state index >= 15 is 0 Å². The summed E-state index contributed by atoms with van der Waals surface area (Å²) in [6.07, 6.45) is 3.61. The number of nitrogens with one attached hydrogen (secondary N) is 1. The van der Waals surface area contributed by atoms with Gasteiger partial charge in [0.1, 0.15) is 0 Å². The van der Waals surface area contributed by atoms with Crippen molar-refractivity contribution in [3.8, 4) is 0 Å². The Morgan fingerprint density at radius 3 is 2.39 bits per heavy atom. The molecule has 3 rings (SSSR count). The smallest absolute Gasteiger partial charge is 0.276 e. The van der Waals surface area contributed by atoms with E-state index in [1.54, 1.807) is 18.2 Å². The van der Waals surface area contributed by atoms with Crippen LogP contribution in [0.15, 0.2) is 60.7 Å². The predicted octanol–water partition coefficient (Wildman–Crippen LogP) is 2.85. The number of nitro groups is 1. The first-order valence-corrected chi connectivity index (χ1v) is 10.3. The van der Waals surface area contributed by atoms with E-state index in [1.165, 1.54) is 23.9 Å². The minimum absolute atomic E-state index is 0.0514. The number of para-hydroxylation sites is 2. The van der Waals surface area contributed by atoms with Crippen LogP contribution in [0.3, 0.4) is 0 Å². The number of carbonyl (C=O) groups excluding carboxylic acids is 2. The molecule has 0 spiro atoms. The molecule has 0 radical (unpaired) electrons. The van der Waals surface area contributed by atoms with Crippen LogP contribution in [0.5, 0.6) is 0 Å². The number of amides is 2. The molecule has 1 N–H and O–H groups in total. The summed E-state index contributed by atoms with van der Waals surface area (Å²) in [6.45, 7) is 3.37. The van der Waals surface area contributed by atoms with Crippen molar-refractivity contribution in [3.63, 3.8) is 0 Å². The van der Waals surface area contributed by atoms with Gasteiger partial charge in [0.25, 0.3) is 5.69 Å². The van der Waals surface area contributed by atoms with Gasteiger partial charge in [0.15, 0.2) is 0 Å². The van der Waals surface area contributed by atoms with Crippen molar-refractivity contribution in [1.82, 2.24) is 10.2 Å². The van der Waals surface area contributed by atoms with E-state index in [-0.39, 0.29) is 17.5 Å². The van der Waals surface area contributed by atoms with Crippen LogP contribution in [-0.4, -0.2) is 54.4 Å². The Morgan fingerprint density at radius 1 is 1.00 bits per heavy atom. The van der Waals surface area contributed by atoms with Crippen LogP contribution >= 0.6 is 0 Å². The number of rotatable bonds is 8. The molecule has 8 nitrogen and oxygen atoms in total. The maximum absolute atomic E-state index is 12.4. The van der Waals surface area contributed by atoms with Crippen LogP contribution in [0.1, 0.15) is 18.4 Å². The van der Waals surface area contributed by atoms with Crippen molar-refractivity contribution in [2.75, 3.05) is 37.6 Å². The van der Waals surface area contributed by atoms with E-state index in [1.807, 2.05) is 23.1 Å². The Labute approximate surface area is 181 Å². The minimum atomic E-state index is -0.483. The maximum Gasteiger partial charge on any atom is 0.276 e. The van der Waals surface area contributed by atoms with Gasteiger partial charge in [0, 0.05) is 57.0 Å².